The van der Waals surface area contributed by atoms with Crippen molar-refractivity contribution < 1.29 is 9.94 Å². The molecule has 0 radical (unpaired) electrons. The van der Waals surface area contributed by atoms with Crippen LogP contribution in [0.2, 0.25) is 0 Å². The number of hydrogen-bond donors (Lipinski definition) is 2. The van der Waals surface area contributed by atoms with E-state index in [1.165, 1.54) is 12.8 Å². The lowest BCUT2D eigenvalue weighted by molar-refractivity contribution is 0.231. The second-order valence-electron chi connectivity index (χ2n) is 5.11. The number of ether oxygens (including phenoxy) is 1. The normalized spacial score (nSPS) is 15.5. The molecule has 0 unspecified atom stereocenters. The number of nitrogens with two attached hydrogens (primary N) is 1. The van der Waals surface area contributed by atoms with Crippen molar-refractivity contribution in [3.05, 3.63) is 23.8 Å². The van der Waals surface area contributed by atoms with E-state index in [9.17, 15) is 0 Å². The van der Waals surface area contributed by atoms with Crippen LogP contribution in [0.3, 0.4) is 0 Å². The number of benzene rings is 1. The number of hydrogen-bond acceptors (Lipinski definition) is 5. The minimum absolute atomic E-state index is 0.0945. The van der Waals surface area contributed by atoms with Crippen LogP contribution in [0, 0.1) is 0 Å². The van der Waals surface area contributed by atoms with Crippen LogP contribution in [0.15, 0.2) is 28.3 Å². The highest BCUT2D eigenvalue weighted by molar-refractivity contribution is 7.99. The number of nitrogens with zero attached hydrogens (tertiary/aromatic N) is 2. The van der Waals surface area contributed by atoms with Crippen LogP contribution in [-0.4, -0.2) is 47.9 Å². The summed E-state index contributed by atoms with van der Waals surface area (Å²) in [5.41, 5.74) is 6.49. The molecule has 5 nitrogen and oxygen atoms in total. The Morgan fingerprint density at radius 2 is 2.29 bits per heavy atom. The van der Waals surface area contributed by atoms with Gasteiger partial charge in [0.2, 0.25) is 0 Å². The van der Waals surface area contributed by atoms with Gasteiger partial charge >= 0.3 is 0 Å². The van der Waals surface area contributed by atoms with Crippen LogP contribution in [0.5, 0.6) is 5.75 Å². The van der Waals surface area contributed by atoms with Crippen molar-refractivity contribution in [2.45, 2.75) is 30.7 Å². The molecule has 0 bridgehead atoms. The Kier molecular flexibility index (Phi) is 5.76. The van der Waals surface area contributed by atoms with Gasteiger partial charge in [0.05, 0.1) is 5.56 Å². The molecule has 0 aliphatic heterocycles. The van der Waals surface area contributed by atoms with Crippen LogP contribution in [0.1, 0.15) is 25.3 Å². The number of thioether (sulfide) groups is 1. The van der Waals surface area contributed by atoms with Crippen molar-refractivity contribution in [1.82, 2.24) is 4.90 Å². The van der Waals surface area contributed by atoms with Gasteiger partial charge in [-0.3, -0.25) is 0 Å². The molecular weight excluding hydrogens is 286 g/mol. The molecule has 0 saturated heterocycles. The van der Waals surface area contributed by atoms with Crippen LogP contribution < -0.4 is 10.5 Å². The van der Waals surface area contributed by atoms with Gasteiger partial charge in [-0.25, -0.2) is 0 Å². The average Bonchev–Trinajstić information content (AvgIpc) is 3.31. The first-order chi connectivity index (χ1) is 10.2. The molecule has 116 valence electrons. The Bertz CT molecular complexity index is 504. The van der Waals surface area contributed by atoms with Gasteiger partial charge in [0.25, 0.3) is 0 Å². The van der Waals surface area contributed by atoms with Gasteiger partial charge in [-0.2, -0.15) is 0 Å². The molecule has 1 saturated carbocycles. The highest BCUT2D eigenvalue weighted by Crippen LogP contribution is 2.30. The van der Waals surface area contributed by atoms with Crippen LogP contribution >= 0.6 is 11.8 Å². The van der Waals surface area contributed by atoms with Gasteiger partial charge < -0.3 is 20.6 Å². The molecule has 0 spiro atoms. The Morgan fingerprint density at radius 1 is 1.52 bits per heavy atom. The summed E-state index contributed by atoms with van der Waals surface area (Å²) in [7, 11) is 2.12. The van der Waals surface area contributed by atoms with Gasteiger partial charge in [-0.1, -0.05) is 18.1 Å². The summed E-state index contributed by atoms with van der Waals surface area (Å²) in [5.74, 6) is 1.68. The lowest BCUT2D eigenvalue weighted by Crippen LogP contribution is -2.26. The van der Waals surface area contributed by atoms with E-state index in [0.29, 0.717) is 17.9 Å². The van der Waals surface area contributed by atoms with Gasteiger partial charge in [0.1, 0.15) is 12.4 Å². The lowest BCUT2D eigenvalue weighted by atomic mass is 10.2. The van der Waals surface area contributed by atoms with Crippen molar-refractivity contribution >= 4 is 17.6 Å². The average molecular weight is 309 g/mol. The smallest absolute Gasteiger partial charge is 0.174 e. The van der Waals surface area contributed by atoms with Crippen LogP contribution in [0.25, 0.3) is 0 Å². The summed E-state index contributed by atoms with van der Waals surface area (Å²) < 4.78 is 5.87. The van der Waals surface area contributed by atoms with E-state index < -0.39 is 0 Å². The minimum Gasteiger partial charge on any atom is -0.491 e. The molecule has 3 N–H and O–H groups in total. The van der Waals surface area contributed by atoms with Crippen molar-refractivity contribution in [1.29, 1.82) is 0 Å². The largest absolute Gasteiger partial charge is 0.491 e. The summed E-state index contributed by atoms with van der Waals surface area (Å²) in [4.78, 5) is 3.29. The molecule has 1 fully saturated rings. The molecule has 2 rings (SSSR count). The number of oxime groups is 1. The maximum Gasteiger partial charge on any atom is 0.174 e. The topological polar surface area (TPSA) is 71.1 Å². The molecule has 1 aromatic rings. The van der Waals surface area contributed by atoms with Crippen molar-refractivity contribution in [2.75, 3.05) is 26.0 Å². The summed E-state index contributed by atoms with van der Waals surface area (Å²) in [6.45, 7) is 3.54. The van der Waals surface area contributed by atoms with Crippen LogP contribution in [0.4, 0.5) is 0 Å². The zero-order chi connectivity index (χ0) is 15.2. The molecule has 1 aliphatic rings. The first-order valence-corrected chi connectivity index (χ1v) is 8.22. The van der Waals surface area contributed by atoms with E-state index in [0.717, 1.165) is 23.2 Å². The summed E-state index contributed by atoms with van der Waals surface area (Å²) in [5, 5.41) is 12.1. The third-order valence-corrected chi connectivity index (χ3v) is 4.46. The molecule has 6 heteroatoms. The van der Waals surface area contributed by atoms with E-state index in [-0.39, 0.29) is 5.84 Å². The molecule has 0 aromatic heterocycles. The Morgan fingerprint density at radius 3 is 2.90 bits per heavy atom. The van der Waals surface area contributed by atoms with E-state index >= 15 is 0 Å². The standard InChI is InChI=1S/C15H23N3O2S/c1-3-21-13-6-4-5-12(14(13)15(16)17-19)20-10-9-18(2)11-7-8-11/h4-6,11,19H,3,7-10H2,1-2H3,(H2,16,17). The van der Waals surface area contributed by atoms with Gasteiger partial charge in [-0.15, -0.1) is 11.8 Å². The maximum absolute atomic E-state index is 8.99. The maximum atomic E-state index is 8.99. The number of likely N-dealkylation sites (N-methyl/N-ethyl adjacent to an activating group) is 1. The van der Waals surface area contributed by atoms with Crippen molar-refractivity contribution in [3.8, 4) is 5.75 Å². The fourth-order valence-corrected chi connectivity index (χ4v) is 3.04. The highest BCUT2D eigenvalue weighted by atomic mass is 32.2. The third kappa shape index (κ3) is 4.28. The predicted octanol–water partition coefficient (Wildman–Crippen LogP) is 2.37. The Labute approximate surface area is 130 Å². The van der Waals surface area contributed by atoms with E-state index in [1.54, 1.807) is 11.8 Å². The van der Waals surface area contributed by atoms with Gasteiger partial charge in [-0.05, 0) is 37.8 Å². The number of amidine groups is 1. The minimum atomic E-state index is 0.0945. The summed E-state index contributed by atoms with van der Waals surface area (Å²) >= 11 is 1.65. The monoisotopic (exact) mass is 309 g/mol. The van der Waals surface area contributed by atoms with E-state index in [4.69, 9.17) is 15.7 Å². The highest BCUT2D eigenvalue weighted by Gasteiger charge is 2.25. The second kappa shape index (κ2) is 7.56. The first kappa shape index (κ1) is 16.0. The second-order valence-corrected chi connectivity index (χ2v) is 6.41. The molecule has 21 heavy (non-hydrogen) atoms. The zero-order valence-electron chi connectivity index (χ0n) is 12.6. The van der Waals surface area contributed by atoms with Gasteiger partial charge in [0, 0.05) is 17.5 Å². The quantitative estimate of drug-likeness (QED) is 0.254. The fraction of sp³-hybridized carbons (Fsp3) is 0.533. The summed E-state index contributed by atoms with van der Waals surface area (Å²) in [6, 6.07) is 6.49. The Balaban J connectivity index is 2.07. The van der Waals surface area contributed by atoms with E-state index in [1.807, 2.05) is 18.2 Å². The molecule has 0 amide bonds. The van der Waals surface area contributed by atoms with Gasteiger partial charge in [0.15, 0.2) is 5.84 Å². The van der Waals surface area contributed by atoms with E-state index in [2.05, 4.69) is 24.0 Å². The molecule has 1 aromatic carbocycles. The van der Waals surface area contributed by atoms with Crippen molar-refractivity contribution in [3.63, 3.8) is 0 Å². The molecule has 0 heterocycles. The third-order valence-electron chi connectivity index (χ3n) is 3.52. The van der Waals surface area contributed by atoms with Crippen LogP contribution in [-0.2, 0) is 0 Å². The lowest BCUT2D eigenvalue weighted by Gasteiger charge is -2.18. The molecule has 0 atom stereocenters. The zero-order valence-corrected chi connectivity index (χ0v) is 13.4. The SMILES string of the molecule is CCSc1cccc(OCCN(C)C2CC2)c1/C(N)=N/O. The predicted molar refractivity (Wildman–Crippen MR) is 86.5 cm³/mol. The number of rotatable bonds is 8. The Hall–Kier alpha value is -1.40. The van der Waals surface area contributed by atoms with Crippen molar-refractivity contribution in [2.24, 2.45) is 10.9 Å². The molecular formula is C15H23N3O2S. The fourth-order valence-electron chi connectivity index (χ4n) is 2.21. The summed E-state index contributed by atoms with van der Waals surface area (Å²) in [6.07, 6.45) is 2.57. The molecule has 1 aliphatic carbocycles. The first-order valence-electron chi connectivity index (χ1n) is 7.24.